The van der Waals surface area contributed by atoms with Crippen LogP contribution in [0.25, 0.3) is 0 Å². The quantitative estimate of drug-likeness (QED) is 0.465. The Kier molecular flexibility index (Phi) is 8.67. The summed E-state index contributed by atoms with van der Waals surface area (Å²) in [6.45, 7) is 6.18. The molecule has 0 aliphatic rings. The van der Waals surface area contributed by atoms with E-state index in [2.05, 4.69) is 5.32 Å². The fourth-order valence-corrected chi connectivity index (χ4v) is 3.95. The lowest BCUT2D eigenvalue weighted by atomic mass is 10.0. The fraction of sp³-hybridized carbons (Fsp3) is 0.286. The minimum absolute atomic E-state index is 0.0277. The highest BCUT2D eigenvalue weighted by atomic mass is 35.5. The number of hydrogen-bond acceptors (Lipinski definition) is 2. The molecule has 0 fully saturated rings. The molecular weight excluding hydrogens is 432 g/mol. The first-order valence-corrected chi connectivity index (χ1v) is 11.6. The lowest BCUT2D eigenvalue weighted by Gasteiger charge is -2.32. The minimum Gasteiger partial charge on any atom is -0.352 e. The van der Waals surface area contributed by atoms with Gasteiger partial charge in [-0.25, -0.2) is 0 Å². The van der Waals surface area contributed by atoms with E-state index < -0.39 is 6.04 Å². The van der Waals surface area contributed by atoms with Crippen LogP contribution in [0.15, 0.2) is 78.9 Å². The van der Waals surface area contributed by atoms with Crippen LogP contribution in [-0.2, 0) is 29.0 Å². The molecule has 0 aliphatic heterocycles. The van der Waals surface area contributed by atoms with Gasteiger partial charge in [-0.3, -0.25) is 9.59 Å². The predicted molar refractivity (Wildman–Crippen MR) is 134 cm³/mol. The summed E-state index contributed by atoms with van der Waals surface area (Å²) in [5, 5.41) is 3.65. The van der Waals surface area contributed by atoms with Gasteiger partial charge in [-0.1, -0.05) is 83.9 Å². The Morgan fingerprint density at radius 3 is 2.18 bits per heavy atom. The lowest BCUT2D eigenvalue weighted by Crippen LogP contribution is -2.52. The van der Waals surface area contributed by atoms with Crippen LogP contribution >= 0.6 is 11.6 Å². The molecule has 0 heterocycles. The van der Waals surface area contributed by atoms with Crippen molar-refractivity contribution in [1.29, 1.82) is 0 Å². The van der Waals surface area contributed by atoms with Crippen LogP contribution < -0.4 is 5.32 Å². The second-order valence-electron chi connectivity index (χ2n) is 8.68. The number of nitrogens with one attached hydrogen (secondary N) is 1. The highest BCUT2D eigenvalue weighted by Gasteiger charge is 2.30. The molecule has 0 radical (unpaired) electrons. The predicted octanol–water partition coefficient (Wildman–Crippen LogP) is 5.36. The van der Waals surface area contributed by atoms with Crippen molar-refractivity contribution in [3.63, 3.8) is 0 Å². The van der Waals surface area contributed by atoms with Gasteiger partial charge in [0.1, 0.15) is 6.04 Å². The standard InChI is InChI=1S/C28H31ClN2O2/c1-20(2)30-28(33)26(17-22-9-5-4-6-10-22)31(19-23-12-14-25(29)15-13-23)27(32)18-24-11-7-8-21(3)16-24/h4-16,20,26H,17-19H2,1-3H3,(H,30,33)/t26-/m0/s1. The van der Waals surface area contributed by atoms with E-state index in [-0.39, 0.29) is 24.3 Å². The molecule has 172 valence electrons. The molecule has 0 aliphatic carbocycles. The Morgan fingerprint density at radius 1 is 0.879 bits per heavy atom. The SMILES string of the molecule is Cc1cccc(CC(=O)N(Cc2ccc(Cl)cc2)[C@@H](Cc2ccccc2)C(=O)NC(C)C)c1. The number of benzene rings is 3. The van der Waals surface area contributed by atoms with Gasteiger partial charge in [-0.05, 0) is 49.6 Å². The van der Waals surface area contributed by atoms with E-state index in [1.54, 1.807) is 17.0 Å². The van der Waals surface area contributed by atoms with Gasteiger partial charge in [-0.15, -0.1) is 0 Å². The lowest BCUT2D eigenvalue weighted by molar-refractivity contribution is -0.141. The van der Waals surface area contributed by atoms with E-state index in [4.69, 9.17) is 11.6 Å². The number of rotatable bonds is 9. The molecule has 0 spiro atoms. The zero-order valence-corrected chi connectivity index (χ0v) is 20.2. The van der Waals surface area contributed by atoms with Gasteiger partial charge in [0, 0.05) is 24.0 Å². The van der Waals surface area contributed by atoms with Crippen LogP contribution in [0.3, 0.4) is 0 Å². The average molecular weight is 463 g/mol. The Hall–Kier alpha value is -3.11. The molecule has 0 saturated heterocycles. The van der Waals surface area contributed by atoms with E-state index in [1.807, 2.05) is 87.5 Å². The van der Waals surface area contributed by atoms with E-state index in [0.29, 0.717) is 18.0 Å². The average Bonchev–Trinajstić information content (AvgIpc) is 2.77. The van der Waals surface area contributed by atoms with Crippen molar-refractivity contribution in [1.82, 2.24) is 10.2 Å². The van der Waals surface area contributed by atoms with Crippen molar-refractivity contribution >= 4 is 23.4 Å². The molecular formula is C28H31ClN2O2. The first-order valence-electron chi connectivity index (χ1n) is 11.3. The maximum atomic E-state index is 13.6. The highest BCUT2D eigenvalue weighted by Crippen LogP contribution is 2.18. The molecule has 1 N–H and O–H groups in total. The molecule has 5 heteroatoms. The second-order valence-corrected chi connectivity index (χ2v) is 9.12. The fourth-order valence-electron chi connectivity index (χ4n) is 3.82. The molecule has 3 aromatic carbocycles. The van der Waals surface area contributed by atoms with Crippen molar-refractivity contribution in [2.24, 2.45) is 0 Å². The van der Waals surface area contributed by atoms with Crippen LogP contribution in [0.5, 0.6) is 0 Å². The van der Waals surface area contributed by atoms with Crippen LogP contribution in [0.1, 0.15) is 36.1 Å². The smallest absolute Gasteiger partial charge is 0.243 e. The molecule has 0 unspecified atom stereocenters. The summed E-state index contributed by atoms with van der Waals surface area (Å²) in [6, 6.07) is 24.5. The van der Waals surface area contributed by atoms with Crippen LogP contribution in [0.2, 0.25) is 5.02 Å². The number of hydrogen-bond donors (Lipinski definition) is 1. The topological polar surface area (TPSA) is 49.4 Å². The van der Waals surface area contributed by atoms with E-state index >= 15 is 0 Å². The van der Waals surface area contributed by atoms with Gasteiger partial charge >= 0.3 is 0 Å². The van der Waals surface area contributed by atoms with Crippen molar-refractivity contribution in [2.45, 2.75) is 52.2 Å². The van der Waals surface area contributed by atoms with Crippen molar-refractivity contribution in [2.75, 3.05) is 0 Å². The molecule has 4 nitrogen and oxygen atoms in total. The first kappa shape index (κ1) is 24.5. The molecule has 3 rings (SSSR count). The largest absolute Gasteiger partial charge is 0.352 e. The van der Waals surface area contributed by atoms with Gasteiger partial charge in [0.15, 0.2) is 0 Å². The van der Waals surface area contributed by atoms with Crippen molar-refractivity contribution < 1.29 is 9.59 Å². The van der Waals surface area contributed by atoms with Gasteiger partial charge in [0.2, 0.25) is 11.8 Å². The zero-order valence-electron chi connectivity index (χ0n) is 19.4. The van der Waals surface area contributed by atoms with Crippen LogP contribution in [0.4, 0.5) is 0 Å². The van der Waals surface area contributed by atoms with Gasteiger partial charge < -0.3 is 10.2 Å². The van der Waals surface area contributed by atoms with Crippen LogP contribution in [-0.4, -0.2) is 28.8 Å². The Balaban J connectivity index is 1.96. The number of carbonyl (C=O) groups excluding carboxylic acids is 2. The maximum Gasteiger partial charge on any atom is 0.243 e. The molecule has 0 saturated carbocycles. The Labute approximate surface area is 201 Å². The summed E-state index contributed by atoms with van der Waals surface area (Å²) in [6.07, 6.45) is 0.669. The van der Waals surface area contributed by atoms with Crippen molar-refractivity contribution in [3.05, 3.63) is 106 Å². The summed E-state index contributed by atoms with van der Waals surface area (Å²) >= 11 is 6.07. The normalized spacial score (nSPS) is 11.8. The monoisotopic (exact) mass is 462 g/mol. The maximum absolute atomic E-state index is 13.6. The van der Waals surface area contributed by atoms with E-state index in [9.17, 15) is 9.59 Å². The molecule has 33 heavy (non-hydrogen) atoms. The number of carbonyl (C=O) groups is 2. The number of aryl methyl sites for hydroxylation is 1. The molecule has 0 aromatic heterocycles. The third kappa shape index (κ3) is 7.47. The van der Waals surface area contributed by atoms with Gasteiger partial charge in [-0.2, -0.15) is 0 Å². The Morgan fingerprint density at radius 2 is 1.55 bits per heavy atom. The molecule has 3 aromatic rings. The van der Waals surface area contributed by atoms with Gasteiger partial charge in [0.25, 0.3) is 0 Å². The first-order chi connectivity index (χ1) is 15.8. The molecule has 1 atom stereocenters. The van der Waals surface area contributed by atoms with Crippen molar-refractivity contribution in [3.8, 4) is 0 Å². The number of halogens is 1. The number of nitrogens with zero attached hydrogens (tertiary/aromatic N) is 1. The molecule has 2 amide bonds. The summed E-state index contributed by atoms with van der Waals surface area (Å²) in [5.74, 6) is -0.240. The minimum atomic E-state index is -0.636. The Bertz CT molecular complexity index is 1060. The van der Waals surface area contributed by atoms with Gasteiger partial charge in [0.05, 0.1) is 6.42 Å². The summed E-state index contributed by atoms with van der Waals surface area (Å²) in [5.41, 5.74) is 3.96. The second kappa shape index (κ2) is 11.7. The summed E-state index contributed by atoms with van der Waals surface area (Å²) < 4.78 is 0. The zero-order chi connectivity index (χ0) is 23.8. The molecule has 0 bridgehead atoms. The highest BCUT2D eigenvalue weighted by molar-refractivity contribution is 6.30. The van der Waals surface area contributed by atoms with Crippen LogP contribution in [0, 0.1) is 6.92 Å². The summed E-state index contributed by atoms with van der Waals surface area (Å²) in [7, 11) is 0. The van der Waals surface area contributed by atoms with E-state index in [0.717, 1.165) is 22.3 Å². The number of amides is 2. The van der Waals surface area contributed by atoms with E-state index in [1.165, 1.54) is 0 Å². The third-order valence-corrected chi connectivity index (χ3v) is 5.66. The third-order valence-electron chi connectivity index (χ3n) is 5.41. The summed E-state index contributed by atoms with van der Waals surface area (Å²) in [4.78, 5) is 28.7.